The van der Waals surface area contributed by atoms with Crippen LogP contribution >= 0.6 is 0 Å². The topological polar surface area (TPSA) is 89.3 Å². The van der Waals surface area contributed by atoms with Gasteiger partial charge in [-0.1, -0.05) is 31.0 Å². The average molecular weight is 284 g/mol. The molecule has 0 heterocycles. The molecule has 0 radical (unpaired) electrons. The second-order valence-electron chi connectivity index (χ2n) is 4.29. The van der Waals surface area contributed by atoms with Crippen molar-refractivity contribution < 1.29 is 13.2 Å². The molecule has 19 heavy (non-hydrogen) atoms. The van der Waals surface area contributed by atoms with Gasteiger partial charge < -0.3 is 5.73 Å². The average Bonchev–Trinajstić information content (AvgIpc) is 2.39. The van der Waals surface area contributed by atoms with Gasteiger partial charge in [0.2, 0.25) is 5.91 Å². The summed E-state index contributed by atoms with van der Waals surface area (Å²) >= 11 is 0. The molecule has 0 aliphatic heterocycles. The van der Waals surface area contributed by atoms with Crippen LogP contribution < -0.4 is 10.5 Å². The monoisotopic (exact) mass is 284 g/mol. The third-order valence-electron chi connectivity index (χ3n) is 2.66. The van der Waals surface area contributed by atoms with Crippen LogP contribution in [0.4, 0.5) is 0 Å². The summed E-state index contributed by atoms with van der Waals surface area (Å²) < 4.78 is 25.7. The van der Waals surface area contributed by atoms with Gasteiger partial charge in [-0.05, 0) is 31.5 Å². The van der Waals surface area contributed by atoms with E-state index in [-0.39, 0.29) is 11.3 Å². The summed E-state index contributed by atoms with van der Waals surface area (Å²) in [6.45, 7) is 0.647. The number of hydrogen-bond acceptors (Lipinski definition) is 4. The largest absolute Gasteiger partial charge is 0.330 e. The Kier molecular flexibility index (Phi) is 6.52. The SMILES string of the molecule is NCCCCCCC(=O)NS(=O)(=O)c1ccccc1. The zero-order chi connectivity index (χ0) is 14.1. The highest BCUT2D eigenvalue weighted by molar-refractivity contribution is 7.90. The molecule has 1 rings (SSSR count). The summed E-state index contributed by atoms with van der Waals surface area (Å²) in [5.41, 5.74) is 5.36. The molecule has 6 heteroatoms. The fourth-order valence-corrected chi connectivity index (χ4v) is 2.68. The minimum atomic E-state index is -3.73. The maximum absolute atomic E-state index is 11.8. The van der Waals surface area contributed by atoms with E-state index in [0.717, 1.165) is 19.3 Å². The first-order chi connectivity index (χ1) is 9.06. The quantitative estimate of drug-likeness (QED) is 0.706. The zero-order valence-corrected chi connectivity index (χ0v) is 11.7. The van der Waals surface area contributed by atoms with Crippen molar-refractivity contribution in [3.8, 4) is 0 Å². The Morgan fingerprint density at radius 1 is 1.05 bits per heavy atom. The second kappa shape index (κ2) is 7.91. The Bertz CT molecular complexity index is 486. The van der Waals surface area contributed by atoms with Crippen LogP contribution in [0, 0.1) is 0 Å². The minimum absolute atomic E-state index is 0.103. The maximum atomic E-state index is 11.8. The number of amides is 1. The van der Waals surface area contributed by atoms with E-state index in [1.165, 1.54) is 12.1 Å². The molecule has 0 saturated heterocycles. The second-order valence-corrected chi connectivity index (χ2v) is 5.98. The van der Waals surface area contributed by atoms with Gasteiger partial charge in [-0.3, -0.25) is 4.79 Å². The molecule has 0 aliphatic rings. The molecule has 0 atom stereocenters. The predicted octanol–water partition coefficient (Wildman–Crippen LogP) is 1.40. The van der Waals surface area contributed by atoms with Gasteiger partial charge in [-0.2, -0.15) is 0 Å². The molecule has 0 saturated carbocycles. The van der Waals surface area contributed by atoms with E-state index < -0.39 is 15.9 Å². The summed E-state index contributed by atoms with van der Waals surface area (Å²) in [6, 6.07) is 7.86. The van der Waals surface area contributed by atoms with Crippen LogP contribution in [0.3, 0.4) is 0 Å². The van der Waals surface area contributed by atoms with Crippen molar-refractivity contribution >= 4 is 15.9 Å². The molecule has 0 fully saturated rings. The van der Waals surface area contributed by atoms with Crippen molar-refractivity contribution in [1.82, 2.24) is 4.72 Å². The lowest BCUT2D eigenvalue weighted by molar-refractivity contribution is -0.119. The van der Waals surface area contributed by atoms with Crippen LogP contribution in [0.15, 0.2) is 35.2 Å². The standard InChI is InChI=1S/C13H20N2O3S/c14-11-7-2-1-6-10-13(16)15-19(17,18)12-8-4-3-5-9-12/h3-5,8-9H,1-2,6-7,10-11,14H2,(H,15,16). The number of carbonyl (C=O) groups is 1. The molecular formula is C13H20N2O3S. The summed E-state index contributed by atoms with van der Waals surface area (Å²) in [6.07, 6.45) is 3.68. The van der Waals surface area contributed by atoms with E-state index in [9.17, 15) is 13.2 Å². The van der Waals surface area contributed by atoms with Crippen LogP contribution in [-0.4, -0.2) is 20.9 Å². The number of carbonyl (C=O) groups excluding carboxylic acids is 1. The molecule has 1 aromatic rings. The van der Waals surface area contributed by atoms with Gasteiger partial charge >= 0.3 is 0 Å². The van der Waals surface area contributed by atoms with Crippen molar-refractivity contribution in [3.05, 3.63) is 30.3 Å². The number of nitrogens with one attached hydrogen (secondary N) is 1. The third-order valence-corrected chi connectivity index (χ3v) is 4.05. The molecule has 0 aromatic heterocycles. The first-order valence-corrected chi connectivity index (χ1v) is 7.85. The minimum Gasteiger partial charge on any atom is -0.330 e. The number of rotatable bonds is 8. The van der Waals surface area contributed by atoms with Crippen molar-refractivity contribution in [2.75, 3.05) is 6.54 Å². The Morgan fingerprint density at radius 2 is 1.68 bits per heavy atom. The van der Waals surface area contributed by atoms with Crippen molar-refractivity contribution in [2.24, 2.45) is 5.73 Å². The summed E-state index contributed by atoms with van der Waals surface area (Å²) in [7, 11) is -3.73. The highest BCUT2D eigenvalue weighted by Crippen LogP contribution is 2.08. The van der Waals surface area contributed by atoms with Crippen LogP contribution in [-0.2, 0) is 14.8 Å². The molecule has 3 N–H and O–H groups in total. The van der Waals surface area contributed by atoms with Crippen LogP contribution in [0.25, 0.3) is 0 Å². The normalized spacial score (nSPS) is 11.2. The molecule has 106 valence electrons. The number of unbranched alkanes of at least 4 members (excludes halogenated alkanes) is 3. The zero-order valence-electron chi connectivity index (χ0n) is 10.8. The van der Waals surface area contributed by atoms with Crippen molar-refractivity contribution in [1.29, 1.82) is 0 Å². The van der Waals surface area contributed by atoms with E-state index in [0.29, 0.717) is 13.0 Å². The molecule has 1 amide bonds. The van der Waals surface area contributed by atoms with Crippen LogP contribution in [0.5, 0.6) is 0 Å². The number of hydrogen-bond donors (Lipinski definition) is 2. The smallest absolute Gasteiger partial charge is 0.264 e. The van der Waals surface area contributed by atoms with Gasteiger partial charge in [-0.25, -0.2) is 13.1 Å². The molecule has 0 aliphatic carbocycles. The number of benzene rings is 1. The Hall–Kier alpha value is -1.40. The maximum Gasteiger partial charge on any atom is 0.264 e. The molecule has 5 nitrogen and oxygen atoms in total. The van der Waals surface area contributed by atoms with Gasteiger partial charge in [0.1, 0.15) is 0 Å². The molecule has 1 aromatic carbocycles. The first kappa shape index (κ1) is 15.7. The van der Waals surface area contributed by atoms with Crippen LogP contribution in [0.2, 0.25) is 0 Å². The van der Waals surface area contributed by atoms with E-state index in [1.54, 1.807) is 18.2 Å². The summed E-state index contributed by atoms with van der Waals surface area (Å²) in [5, 5.41) is 0. The Balaban J connectivity index is 2.40. The predicted molar refractivity (Wildman–Crippen MR) is 73.9 cm³/mol. The molecule has 0 bridgehead atoms. The Morgan fingerprint density at radius 3 is 2.32 bits per heavy atom. The molecule has 0 spiro atoms. The highest BCUT2D eigenvalue weighted by Gasteiger charge is 2.16. The van der Waals surface area contributed by atoms with Crippen molar-refractivity contribution in [3.63, 3.8) is 0 Å². The fraction of sp³-hybridized carbons (Fsp3) is 0.462. The van der Waals surface area contributed by atoms with Gasteiger partial charge in [0, 0.05) is 6.42 Å². The summed E-state index contributed by atoms with van der Waals surface area (Å²) in [4.78, 5) is 11.7. The van der Waals surface area contributed by atoms with Gasteiger partial charge in [0.25, 0.3) is 10.0 Å². The summed E-state index contributed by atoms with van der Waals surface area (Å²) in [5.74, 6) is -0.461. The van der Waals surface area contributed by atoms with E-state index in [2.05, 4.69) is 4.72 Å². The van der Waals surface area contributed by atoms with Gasteiger partial charge in [-0.15, -0.1) is 0 Å². The molecular weight excluding hydrogens is 264 g/mol. The fourth-order valence-electron chi connectivity index (χ4n) is 1.64. The lowest BCUT2D eigenvalue weighted by Gasteiger charge is -2.06. The van der Waals surface area contributed by atoms with Gasteiger partial charge in [0.05, 0.1) is 4.90 Å². The first-order valence-electron chi connectivity index (χ1n) is 6.37. The number of sulfonamides is 1. The van der Waals surface area contributed by atoms with E-state index >= 15 is 0 Å². The Labute approximate surface area is 114 Å². The van der Waals surface area contributed by atoms with Crippen LogP contribution in [0.1, 0.15) is 32.1 Å². The van der Waals surface area contributed by atoms with E-state index in [4.69, 9.17) is 5.73 Å². The molecule has 0 unspecified atom stereocenters. The lowest BCUT2D eigenvalue weighted by atomic mass is 10.1. The lowest BCUT2D eigenvalue weighted by Crippen LogP contribution is -2.30. The van der Waals surface area contributed by atoms with E-state index in [1.807, 2.05) is 0 Å². The number of nitrogens with two attached hydrogens (primary N) is 1. The third kappa shape index (κ3) is 5.85. The van der Waals surface area contributed by atoms with Crippen molar-refractivity contribution in [2.45, 2.75) is 37.0 Å². The highest BCUT2D eigenvalue weighted by atomic mass is 32.2. The van der Waals surface area contributed by atoms with Gasteiger partial charge in [0.15, 0.2) is 0 Å².